The summed E-state index contributed by atoms with van der Waals surface area (Å²) < 4.78 is 0. The molecule has 1 aliphatic rings. The lowest BCUT2D eigenvalue weighted by molar-refractivity contribution is 0.0830. The lowest BCUT2D eigenvalue weighted by Gasteiger charge is -2.30. The summed E-state index contributed by atoms with van der Waals surface area (Å²) in [7, 11) is 0. The number of rotatable bonds is 2. The van der Waals surface area contributed by atoms with E-state index >= 15 is 0 Å². The molecule has 1 heterocycles. The zero-order chi connectivity index (χ0) is 12.4. The lowest BCUT2D eigenvalue weighted by Crippen LogP contribution is -2.26. The monoisotopic (exact) mass is 231 g/mol. The molecule has 0 amide bonds. The van der Waals surface area contributed by atoms with Crippen molar-refractivity contribution in [3.63, 3.8) is 0 Å². The first-order valence-corrected chi connectivity index (χ1v) is 6.53. The predicted molar refractivity (Wildman–Crippen MR) is 69.0 cm³/mol. The summed E-state index contributed by atoms with van der Waals surface area (Å²) in [5, 5.41) is 0. The van der Waals surface area contributed by atoms with E-state index in [-0.39, 0.29) is 11.7 Å². The van der Waals surface area contributed by atoms with Gasteiger partial charge in [-0.2, -0.15) is 0 Å². The van der Waals surface area contributed by atoms with Crippen LogP contribution in [-0.4, -0.2) is 10.8 Å². The first-order chi connectivity index (χ1) is 8.06. The first-order valence-electron chi connectivity index (χ1n) is 6.53. The fourth-order valence-electron chi connectivity index (χ4n) is 3.04. The molecule has 2 atom stereocenters. The fourth-order valence-corrected chi connectivity index (χ4v) is 3.04. The second-order valence-corrected chi connectivity index (χ2v) is 5.70. The predicted octanol–water partition coefficient (Wildman–Crippen LogP) is 3.65. The van der Waals surface area contributed by atoms with E-state index in [4.69, 9.17) is 0 Å². The van der Waals surface area contributed by atoms with Crippen molar-refractivity contribution >= 4 is 5.78 Å². The maximum atomic E-state index is 12.4. The molecule has 0 saturated heterocycles. The van der Waals surface area contributed by atoms with Crippen LogP contribution in [0.3, 0.4) is 0 Å². The van der Waals surface area contributed by atoms with Gasteiger partial charge >= 0.3 is 0 Å². The highest BCUT2D eigenvalue weighted by atomic mass is 16.1. The van der Waals surface area contributed by atoms with E-state index in [9.17, 15) is 4.79 Å². The third kappa shape index (κ3) is 2.93. The van der Waals surface area contributed by atoms with Crippen molar-refractivity contribution in [1.82, 2.24) is 4.98 Å². The van der Waals surface area contributed by atoms with E-state index < -0.39 is 0 Å². The third-order valence-corrected chi connectivity index (χ3v) is 3.72. The zero-order valence-electron chi connectivity index (χ0n) is 10.9. The van der Waals surface area contributed by atoms with Crippen LogP contribution in [0.5, 0.6) is 0 Å². The number of carbonyl (C=O) groups excluding carboxylic acids is 1. The van der Waals surface area contributed by atoms with Crippen molar-refractivity contribution in [3.8, 4) is 0 Å². The van der Waals surface area contributed by atoms with Gasteiger partial charge in [0.2, 0.25) is 0 Å². The quantitative estimate of drug-likeness (QED) is 0.727. The molecule has 0 aromatic carbocycles. The summed E-state index contributed by atoms with van der Waals surface area (Å²) in [6, 6.07) is 3.84. The number of hydrogen-bond acceptors (Lipinski definition) is 2. The van der Waals surface area contributed by atoms with Gasteiger partial charge in [-0.25, -0.2) is 0 Å². The van der Waals surface area contributed by atoms with Gasteiger partial charge in [-0.15, -0.1) is 0 Å². The Morgan fingerprint density at radius 3 is 2.47 bits per heavy atom. The molecular weight excluding hydrogens is 210 g/mol. The van der Waals surface area contributed by atoms with Crippen molar-refractivity contribution < 1.29 is 4.79 Å². The highest BCUT2D eigenvalue weighted by molar-refractivity contribution is 5.96. The molecule has 2 rings (SSSR count). The van der Waals surface area contributed by atoms with E-state index in [0.29, 0.717) is 17.5 Å². The summed E-state index contributed by atoms with van der Waals surface area (Å²) in [6.07, 6.45) is 5.04. The van der Waals surface area contributed by atoms with Crippen LogP contribution in [0, 0.1) is 24.7 Å². The molecule has 92 valence electrons. The Labute approximate surface area is 103 Å². The van der Waals surface area contributed by atoms with Crippen LogP contribution in [0.4, 0.5) is 0 Å². The van der Waals surface area contributed by atoms with Gasteiger partial charge in [0, 0.05) is 12.1 Å². The standard InChI is InChI=1S/C15H21NO/c1-10-4-5-16-14(9-10)15(17)13-7-11(2)6-12(3)8-13/h4-5,9,11-13H,6-8H2,1-3H3. The highest BCUT2D eigenvalue weighted by Crippen LogP contribution is 2.34. The molecule has 0 spiro atoms. The third-order valence-electron chi connectivity index (χ3n) is 3.72. The minimum atomic E-state index is 0.183. The van der Waals surface area contributed by atoms with E-state index in [0.717, 1.165) is 18.4 Å². The van der Waals surface area contributed by atoms with Crippen LogP contribution >= 0.6 is 0 Å². The average molecular weight is 231 g/mol. The second kappa shape index (κ2) is 4.99. The van der Waals surface area contributed by atoms with Crippen LogP contribution in [0.1, 0.15) is 49.2 Å². The Morgan fingerprint density at radius 1 is 1.24 bits per heavy atom. The van der Waals surface area contributed by atoms with Gasteiger partial charge in [-0.3, -0.25) is 9.78 Å². The Bertz CT molecular complexity index is 403. The lowest BCUT2D eigenvalue weighted by atomic mass is 9.74. The summed E-state index contributed by atoms with van der Waals surface area (Å²) in [4.78, 5) is 16.6. The summed E-state index contributed by atoms with van der Waals surface area (Å²) in [6.45, 7) is 6.50. The molecule has 2 nitrogen and oxygen atoms in total. The first kappa shape index (κ1) is 12.3. The Balaban J connectivity index is 2.14. The largest absolute Gasteiger partial charge is 0.292 e. The molecule has 1 aliphatic carbocycles. The van der Waals surface area contributed by atoms with E-state index in [1.165, 1.54) is 6.42 Å². The topological polar surface area (TPSA) is 30.0 Å². The maximum Gasteiger partial charge on any atom is 0.184 e. The van der Waals surface area contributed by atoms with E-state index in [2.05, 4.69) is 18.8 Å². The molecule has 0 aliphatic heterocycles. The van der Waals surface area contributed by atoms with Crippen molar-refractivity contribution in [2.45, 2.75) is 40.0 Å². The zero-order valence-corrected chi connectivity index (χ0v) is 10.9. The molecule has 1 saturated carbocycles. The molecule has 1 fully saturated rings. The summed E-state index contributed by atoms with van der Waals surface area (Å²) in [5.41, 5.74) is 1.76. The van der Waals surface area contributed by atoms with Gasteiger partial charge in [0.15, 0.2) is 5.78 Å². The second-order valence-electron chi connectivity index (χ2n) is 5.70. The van der Waals surface area contributed by atoms with Gasteiger partial charge in [0.1, 0.15) is 5.69 Å². The molecule has 17 heavy (non-hydrogen) atoms. The molecule has 1 aromatic heterocycles. The molecule has 2 unspecified atom stereocenters. The molecule has 0 bridgehead atoms. The summed E-state index contributed by atoms with van der Waals surface area (Å²) >= 11 is 0. The van der Waals surface area contributed by atoms with Crippen LogP contribution < -0.4 is 0 Å². The maximum absolute atomic E-state index is 12.4. The minimum absolute atomic E-state index is 0.183. The summed E-state index contributed by atoms with van der Waals surface area (Å²) in [5.74, 6) is 1.75. The number of ketones is 1. The van der Waals surface area contributed by atoms with Gasteiger partial charge in [-0.05, 0) is 55.7 Å². The van der Waals surface area contributed by atoms with Crippen molar-refractivity contribution in [2.24, 2.45) is 17.8 Å². The van der Waals surface area contributed by atoms with Crippen LogP contribution in [-0.2, 0) is 0 Å². The number of aryl methyl sites for hydroxylation is 1. The molecular formula is C15H21NO. The number of pyridine rings is 1. The average Bonchev–Trinajstić information content (AvgIpc) is 2.26. The van der Waals surface area contributed by atoms with Gasteiger partial charge < -0.3 is 0 Å². The Hall–Kier alpha value is -1.18. The minimum Gasteiger partial charge on any atom is -0.292 e. The molecule has 1 aromatic rings. The normalized spacial score (nSPS) is 29.0. The van der Waals surface area contributed by atoms with Crippen molar-refractivity contribution in [3.05, 3.63) is 29.6 Å². The van der Waals surface area contributed by atoms with Crippen molar-refractivity contribution in [1.29, 1.82) is 0 Å². The number of aromatic nitrogens is 1. The fraction of sp³-hybridized carbons (Fsp3) is 0.600. The highest BCUT2D eigenvalue weighted by Gasteiger charge is 2.29. The number of hydrogen-bond donors (Lipinski definition) is 0. The van der Waals surface area contributed by atoms with E-state index in [1.54, 1.807) is 6.20 Å². The molecule has 0 N–H and O–H groups in total. The van der Waals surface area contributed by atoms with Crippen LogP contribution in [0.25, 0.3) is 0 Å². The number of carbonyl (C=O) groups is 1. The van der Waals surface area contributed by atoms with Gasteiger partial charge in [0.25, 0.3) is 0 Å². The van der Waals surface area contributed by atoms with E-state index in [1.807, 2.05) is 19.1 Å². The van der Waals surface area contributed by atoms with Crippen LogP contribution in [0.2, 0.25) is 0 Å². The van der Waals surface area contributed by atoms with Gasteiger partial charge in [0.05, 0.1) is 0 Å². The Kier molecular flexibility index (Phi) is 3.60. The molecule has 0 radical (unpaired) electrons. The number of nitrogens with zero attached hydrogens (tertiary/aromatic N) is 1. The van der Waals surface area contributed by atoms with Gasteiger partial charge in [-0.1, -0.05) is 13.8 Å². The SMILES string of the molecule is Cc1ccnc(C(=O)C2CC(C)CC(C)C2)c1. The van der Waals surface area contributed by atoms with Crippen LogP contribution in [0.15, 0.2) is 18.3 Å². The number of Topliss-reactive ketones (excluding diaryl/α,β-unsaturated/α-hetero) is 1. The smallest absolute Gasteiger partial charge is 0.184 e. The molecule has 2 heteroatoms. The van der Waals surface area contributed by atoms with Crippen molar-refractivity contribution in [2.75, 3.05) is 0 Å². The Morgan fingerprint density at radius 2 is 1.88 bits per heavy atom.